The van der Waals surface area contributed by atoms with Gasteiger partial charge in [-0.15, -0.1) is 11.8 Å². The third-order valence-electron chi connectivity index (χ3n) is 3.25. The molecule has 2 rings (SSSR count). The van der Waals surface area contributed by atoms with E-state index < -0.39 is 17.8 Å². The molecule has 138 valence electrons. The first kappa shape index (κ1) is 20.1. The van der Waals surface area contributed by atoms with E-state index in [1.165, 1.54) is 36.9 Å². The number of halogens is 2. The number of nitrogens with one attached hydrogen (secondary N) is 2. The Morgan fingerprint density at radius 2 is 1.85 bits per heavy atom. The molecule has 0 bridgehead atoms. The number of thioether (sulfide) groups is 1. The maximum absolute atomic E-state index is 13.5. The number of para-hydroxylation sites is 1. The third-order valence-corrected chi connectivity index (χ3v) is 4.51. The van der Waals surface area contributed by atoms with Crippen molar-refractivity contribution in [3.8, 4) is 5.75 Å². The smallest absolute Gasteiger partial charge is 0.279 e. The summed E-state index contributed by atoms with van der Waals surface area (Å²) in [6.45, 7) is 1.46. The summed E-state index contributed by atoms with van der Waals surface area (Å²) in [6, 6.07) is 13.1. The monoisotopic (exact) mass is 396 g/mol. The van der Waals surface area contributed by atoms with E-state index in [1.54, 1.807) is 18.2 Å². The van der Waals surface area contributed by atoms with Crippen LogP contribution in [0.5, 0.6) is 5.75 Å². The lowest BCUT2D eigenvalue weighted by Gasteiger charge is -2.15. The summed E-state index contributed by atoms with van der Waals surface area (Å²) < 4.78 is 18.7. The molecule has 0 unspecified atom stereocenters. The molecule has 0 fully saturated rings. The number of rotatable bonds is 7. The molecule has 0 saturated heterocycles. The zero-order valence-corrected chi connectivity index (χ0v) is 15.6. The highest BCUT2D eigenvalue weighted by atomic mass is 35.5. The molecule has 0 aliphatic rings. The van der Waals surface area contributed by atoms with Gasteiger partial charge < -0.3 is 4.74 Å². The minimum atomic E-state index is -0.962. The molecule has 0 radical (unpaired) electrons. The Morgan fingerprint density at radius 1 is 1.15 bits per heavy atom. The quantitative estimate of drug-likeness (QED) is 0.554. The highest BCUT2D eigenvalue weighted by Gasteiger charge is 2.16. The van der Waals surface area contributed by atoms with Crippen LogP contribution in [0, 0.1) is 5.82 Å². The summed E-state index contributed by atoms with van der Waals surface area (Å²) in [5, 5.41) is 0.654. The van der Waals surface area contributed by atoms with E-state index in [0.717, 1.165) is 4.90 Å². The van der Waals surface area contributed by atoms with E-state index >= 15 is 0 Å². The second-order valence-electron chi connectivity index (χ2n) is 5.28. The first-order chi connectivity index (χ1) is 12.5. The number of amides is 2. The summed E-state index contributed by atoms with van der Waals surface area (Å²) in [5.41, 5.74) is 4.58. The van der Waals surface area contributed by atoms with Crippen LogP contribution < -0.4 is 15.6 Å². The summed E-state index contributed by atoms with van der Waals surface area (Å²) in [5.74, 6) is -0.953. The lowest BCUT2D eigenvalue weighted by Crippen LogP contribution is -2.47. The lowest BCUT2D eigenvalue weighted by molar-refractivity contribution is -0.132. The molecule has 2 aromatic rings. The fourth-order valence-electron chi connectivity index (χ4n) is 1.87. The zero-order valence-electron chi connectivity index (χ0n) is 14.0. The van der Waals surface area contributed by atoms with Gasteiger partial charge in [0, 0.05) is 22.1 Å². The Balaban J connectivity index is 1.68. The van der Waals surface area contributed by atoms with Crippen molar-refractivity contribution in [2.24, 2.45) is 0 Å². The van der Waals surface area contributed by atoms with Crippen molar-refractivity contribution in [2.75, 3.05) is 5.75 Å². The summed E-state index contributed by atoms with van der Waals surface area (Å²) in [7, 11) is 0. The van der Waals surface area contributed by atoms with Crippen molar-refractivity contribution >= 4 is 35.2 Å². The number of carbonyl (C=O) groups excluding carboxylic acids is 2. The van der Waals surface area contributed by atoms with Gasteiger partial charge in [0.1, 0.15) is 0 Å². The minimum absolute atomic E-state index is 0.0270. The number of carbonyl (C=O) groups is 2. The Morgan fingerprint density at radius 3 is 2.54 bits per heavy atom. The SMILES string of the molecule is C[C@H](Oc1ccccc1F)C(=O)NNC(=O)CCSc1ccc(Cl)cc1. The van der Waals surface area contributed by atoms with Crippen LogP contribution in [0.1, 0.15) is 13.3 Å². The van der Waals surface area contributed by atoms with Crippen molar-refractivity contribution in [3.63, 3.8) is 0 Å². The second-order valence-corrected chi connectivity index (χ2v) is 6.89. The van der Waals surface area contributed by atoms with E-state index in [2.05, 4.69) is 10.9 Å². The fraction of sp³-hybridized carbons (Fsp3) is 0.222. The van der Waals surface area contributed by atoms with Gasteiger partial charge in [-0.1, -0.05) is 23.7 Å². The first-order valence-corrected chi connectivity index (χ1v) is 9.20. The topological polar surface area (TPSA) is 67.4 Å². The van der Waals surface area contributed by atoms with E-state index in [9.17, 15) is 14.0 Å². The Kier molecular flexibility index (Phi) is 7.74. The number of benzene rings is 2. The summed E-state index contributed by atoms with van der Waals surface area (Å²) in [6.07, 6.45) is -0.744. The molecular formula is C18H18ClFN2O3S. The number of hydrazine groups is 1. The van der Waals surface area contributed by atoms with Crippen LogP contribution in [0.15, 0.2) is 53.4 Å². The molecule has 2 amide bonds. The molecule has 0 aromatic heterocycles. The maximum atomic E-state index is 13.5. The van der Waals surface area contributed by atoms with Crippen LogP contribution in [0.4, 0.5) is 4.39 Å². The second kappa shape index (κ2) is 10.0. The van der Waals surface area contributed by atoms with Crippen LogP contribution in [0.25, 0.3) is 0 Å². The van der Waals surface area contributed by atoms with Gasteiger partial charge in [-0.25, -0.2) is 4.39 Å². The van der Waals surface area contributed by atoms with Crippen molar-refractivity contribution in [2.45, 2.75) is 24.3 Å². The van der Waals surface area contributed by atoms with Crippen LogP contribution >= 0.6 is 23.4 Å². The van der Waals surface area contributed by atoms with Crippen LogP contribution in [0.3, 0.4) is 0 Å². The van der Waals surface area contributed by atoms with Gasteiger partial charge >= 0.3 is 0 Å². The largest absolute Gasteiger partial charge is 0.478 e. The summed E-state index contributed by atoms with van der Waals surface area (Å²) >= 11 is 7.31. The Labute approximate surface area is 160 Å². The first-order valence-electron chi connectivity index (χ1n) is 7.84. The molecular weight excluding hydrogens is 379 g/mol. The molecule has 1 atom stereocenters. The van der Waals surface area contributed by atoms with E-state index in [1.807, 2.05) is 12.1 Å². The van der Waals surface area contributed by atoms with Gasteiger partial charge in [0.05, 0.1) is 0 Å². The third kappa shape index (κ3) is 6.57. The predicted molar refractivity (Wildman–Crippen MR) is 99.6 cm³/mol. The van der Waals surface area contributed by atoms with Crippen molar-refractivity contribution in [1.29, 1.82) is 0 Å². The van der Waals surface area contributed by atoms with Gasteiger partial charge in [0.15, 0.2) is 17.7 Å². The van der Waals surface area contributed by atoms with Gasteiger partial charge in [0.2, 0.25) is 5.91 Å². The average Bonchev–Trinajstić information content (AvgIpc) is 2.63. The highest BCUT2D eigenvalue weighted by Crippen LogP contribution is 2.20. The average molecular weight is 397 g/mol. The van der Waals surface area contributed by atoms with Gasteiger partial charge in [-0.3, -0.25) is 20.4 Å². The molecule has 0 saturated carbocycles. The molecule has 26 heavy (non-hydrogen) atoms. The molecule has 0 spiro atoms. The molecule has 0 heterocycles. The predicted octanol–water partition coefficient (Wildman–Crippen LogP) is 3.58. The van der Waals surface area contributed by atoms with Crippen molar-refractivity contribution in [1.82, 2.24) is 10.9 Å². The van der Waals surface area contributed by atoms with Crippen LogP contribution in [-0.4, -0.2) is 23.7 Å². The number of ether oxygens (including phenoxy) is 1. The van der Waals surface area contributed by atoms with E-state index in [0.29, 0.717) is 10.8 Å². The van der Waals surface area contributed by atoms with Gasteiger partial charge in [-0.05, 0) is 43.3 Å². The molecule has 0 aliphatic carbocycles. The molecule has 8 heteroatoms. The van der Waals surface area contributed by atoms with E-state index in [-0.39, 0.29) is 18.1 Å². The molecule has 5 nitrogen and oxygen atoms in total. The van der Waals surface area contributed by atoms with E-state index in [4.69, 9.17) is 16.3 Å². The molecule has 0 aliphatic heterocycles. The van der Waals surface area contributed by atoms with Gasteiger partial charge in [0.25, 0.3) is 5.91 Å². The van der Waals surface area contributed by atoms with Crippen LogP contribution in [-0.2, 0) is 9.59 Å². The summed E-state index contributed by atoms with van der Waals surface area (Å²) in [4.78, 5) is 24.7. The zero-order chi connectivity index (χ0) is 18.9. The lowest BCUT2D eigenvalue weighted by atomic mass is 10.3. The van der Waals surface area contributed by atoms with Gasteiger partial charge in [-0.2, -0.15) is 0 Å². The minimum Gasteiger partial charge on any atom is -0.478 e. The van der Waals surface area contributed by atoms with Crippen molar-refractivity contribution in [3.05, 3.63) is 59.4 Å². The Bertz CT molecular complexity index is 758. The highest BCUT2D eigenvalue weighted by molar-refractivity contribution is 7.99. The molecule has 2 aromatic carbocycles. The molecule has 2 N–H and O–H groups in total. The Hall–Kier alpha value is -2.25. The standard InChI is InChI=1S/C18H18ClFN2O3S/c1-12(25-16-5-3-2-4-15(16)20)18(24)22-21-17(23)10-11-26-14-8-6-13(19)7-9-14/h2-9,12H,10-11H2,1H3,(H,21,23)(H,22,24)/t12-/m0/s1. The van der Waals surface area contributed by atoms with Crippen LogP contribution in [0.2, 0.25) is 5.02 Å². The normalized spacial score (nSPS) is 11.5. The van der Waals surface area contributed by atoms with Crippen molar-refractivity contribution < 1.29 is 18.7 Å². The maximum Gasteiger partial charge on any atom is 0.279 e. The fourth-order valence-corrected chi connectivity index (χ4v) is 2.85. The number of hydrogen-bond donors (Lipinski definition) is 2. The number of hydrogen-bond acceptors (Lipinski definition) is 4.